The van der Waals surface area contributed by atoms with Crippen LogP contribution in [-0.2, 0) is 12.5 Å². The van der Waals surface area contributed by atoms with Crippen LogP contribution in [0, 0.1) is 5.82 Å². The molecule has 6 nitrogen and oxygen atoms in total. The zero-order valence-electron chi connectivity index (χ0n) is 17.6. The first-order valence-corrected chi connectivity index (χ1v) is 10.8. The number of aromatic nitrogens is 3. The maximum absolute atomic E-state index is 15.1. The van der Waals surface area contributed by atoms with Crippen molar-refractivity contribution >= 4 is 11.7 Å². The van der Waals surface area contributed by atoms with Gasteiger partial charge in [-0.2, -0.15) is 5.10 Å². The van der Waals surface area contributed by atoms with E-state index in [4.69, 9.17) is 0 Å². The van der Waals surface area contributed by atoms with Gasteiger partial charge in [0, 0.05) is 67.4 Å². The first-order valence-electron chi connectivity index (χ1n) is 10.8. The molecule has 1 amide bonds. The number of likely N-dealkylation sites (tertiary alicyclic amines) is 1. The highest BCUT2D eigenvalue weighted by molar-refractivity contribution is 5.96. The van der Waals surface area contributed by atoms with Crippen molar-refractivity contribution in [2.24, 2.45) is 7.05 Å². The van der Waals surface area contributed by atoms with Crippen LogP contribution in [0.15, 0.2) is 48.9 Å². The van der Waals surface area contributed by atoms with Crippen LogP contribution >= 0.6 is 0 Å². The highest BCUT2D eigenvalue weighted by atomic mass is 19.1. The fourth-order valence-corrected chi connectivity index (χ4v) is 4.46. The smallest absolute Gasteiger partial charge is 0.256 e. The Kier molecular flexibility index (Phi) is 4.96. The summed E-state index contributed by atoms with van der Waals surface area (Å²) >= 11 is 0. The molecule has 0 atom stereocenters. The highest BCUT2D eigenvalue weighted by Crippen LogP contribution is 2.54. The third-order valence-corrected chi connectivity index (χ3v) is 6.48. The molecule has 1 spiro atoms. The first-order chi connectivity index (χ1) is 15.1. The number of benzene rings is 1. The number of amides is 1. The van der Waals surface area contributed by atoms with Crippen molar-refractivity contribution < 1.29 is 9.18 Å². The summed E-state index contributed by atoms with van der Waals surface area (Å²) in [4.78, 5) is 18.8. The lowest BCUT2D eigenvalue weighted by Crippen LogP contribution is -2.28. The molecule has 1 saturated heterocycles. The number of rotatable bonds is 2. The molecule has 0 bridgehead atoms. The molecule has 0 unspecified atom stereocenters. The third kappa shape index (κ3) is 3.69. The van der Waals surface area contributed by atoms with Crippen molar-refractivity contribution in [3.8, 4) is 11.1 Å². The zero-order valence-corrected chi connectivity index (χ0v) is 17.6. The summed E-state index contributed by atoms with van der Waals surface area (Å²) in [5.41, 5.74) is 2.78. The minimum Gasteiger partial charge on any atom is -0.369 e. The van der Waals surface area contributed by atoms with Gasteiger partial charge in [0.2, 0.25) is 0 Å². The molecule has 3 aliphatic rings. The molecule has 1 N–H and O–H groups in total. The van der Waals surface area contributed by atoms with Gasteiger partial charge in [0.05, 0.1) is 5.56 Å². The molecule has 1 aliphatic carbocycles. The normalized spacial score (nSPS) is 17.7. The second-order valence-corrected chi connectivity index (χ2v) is 8.60. The number of carbonyl (C=O) groups is 1. The number of nitrogens with one attached hydrogen (secondary N) is 1. The van der Waals surface area contributed by atoms with E-state index in [9.17, 15) is 4.79 Å². The monoisotopic (exact) mass is 419 g/mol. The maximum atomic E-state index is 15.1. The number of hydrogen-bond donors (Lipinski definition) is 1. The Balaban J connectivity index is 0.000000296. The lowest BCUT2D eigenvalue weighted by atomic mass is 9.96. The number of carbonyl (C=O) groups excluding carboxylic acids is 1. The largest absolute Gasteiger partial charge is 0.369 e. The average molecular weight is 420 g/mol. The molecule has 7 heteroatoms. The highest BCUT2D eigenvalue weighted by Gasteiger charge is 2.49. The summed E-state index contributed by atoms with van der Waals surface area (Å²) in [7, 11) is 1.89. The van der Waals surface area contributed by atoms with Crippen LogP contribution in [0.25, 0.3) is 11.1 Å². The van der Waals surface area contributed by atoms with Gasteiger partial charge in [0.1, 0.15) is 11.6 Å². The lowest BCUT2D eigenvalue weighted by Gasteiger charge is -2.17. The minimum atomic E-state index is -0.433. The van der Waals surface area contributed by atoms with Gasteiger partial charge in [-0.3, -0.25) is 9.48 Å². The van der Waals surface area contributed by atoms with E-state index in [1.165, 1.54) is 5.56 Å². The Morgan fingerprint density at radius 2 is 2.00 bits per heavy atom. The van der Waals surface area contributed by atoms with E-state index in [1.54, 1.807) is 40.2 Å². The van der Waals surface area contributed by atoms with E-state index < -0.39 is 5.82 Å². The van der Waals surface area contributed by atoms with Gasteiger partial charge in [-0.15, -0.1) is 0 Å². The van der Waals surface area contributed by atoms with E-state index in [0.29, 0.717) is 5.56 Å². The topological polar surface area (TPSA) is 63.1 Å². The average Bonchev–Trinajstić information content (AvgIpc) is 3.15. The molecule has 6 rings (SSSR count). The molecule has 160 valence electrons. The standard InChI is InChI=1S/C20H20FN3O.C4H6N2/c21-17-14(4-3-5-15(17)19(25)24-8-1-2-9-24)13-10-16-18(22-11-13)23-12-20(16)6-7-20;1-6-4-2-3-5-6/h3-5,10-11H,1-2,6-9,12H2,(H,22,23);2-4H,1H3. The number of halogens is 1. The number of hydrogen-bond acceptors (Lipinski definition) is 4. The second kappa shape index (κ2) is 7.80. The van der Waals surface area contributed by atoms with E-state index in [-0.39, 0.29) is 16.9 Å². The summed E-state index contributed by atoms with van der Waals surface area (Å²) in [6.45, 7) is 2.36. The molecule has 1 aromatic carbocycles. The van der Waals surface area contributed by atoms with Crippen LogP contribution < -0.4 is 5.32 Å². The van der Waals surface area contributed by atoms with Gasteiger partial charge >= 0.3 is 0 Å². The molecular weight excluding hydrogens is 393 g/mol. The Morgan fingerprint density at radius 3 is 2.65 bits per heavy atom. The summed E-state index contributed by atoms with van der Waals surface area (Å²) in [6, 6.07) is 9.03. The summed E-state index contributed by atoms with van der Waals surface area (Å²) in [6.07, 6.45) is 9.66. The van der Waals surface area contributed by atoms with Crippen LogP contribution in [0.3, 0.4) is 0 Å². The Labute approximate surface area is 181 Å². The maximum Gasteiger partial charge on any atom is 0.256 e. The Hall–Kier alpha value is -3.22. The summed E-state index contributed by atoms with van der Waals surface area (Å²) in [5.74, 6) is 0.286. The predicted octanol–water partition coefficient (Wildman–Crippen LogP) is 4.00. The van der Waals surface area contributed by atoms with Crippen LogP contribution in [0.2, 0.25) is 0 Å². The van der Waals surface area contributed by atoms with Crippen molar-refractivity contribution in [2.45, 2.75) is 31.1 Å². The van der Waals surface area contributed by atoms with Crippen LogP contribution in [0.4, 0.5) is 10.2 Å². The quantitative estimate of drug-likeness (QED) is 0.682. The first kappa shape index (κ1) is 19.7. The fourth-order valence-electron chi connectivity index (χ4n) is 4.46. The summed E-state index contributed by atoms with van der Waals surface area (Å²) in [5, 5.41) is 7.18. The number of aryl methyl sites for hydroxylation is 1. The van der Waals surface area contributed by atoms with Gasteiger partial charge in [-0.1, -0.05) is 12.1 Å². The number of anilines is 1. The van der Waals surface area contributed by atoms with Gasteiger partial charge < -0.3 is 10.2 Å². The fraction of sp³-hybridized carbons (Fsp3) is 0.375. The molecule has 3 aromatic rings. The SMILES string of the molecule is Cn1cccn1.O=C(c1cccc(-c2cnc3c(c2)C2(CC2)CN3)c1F)N1CCCC1. The van der Waals surface area contributed by atoms with Gasteiger partial charge in [0.15, 0.2) is 0 Å². The van der Waals surface area contributed by atoms with Crippen molar-refractivity contribution in [1.29, 1.82) is 0 Å². The van der Waals surface area contributed by atoms with Crippen LogP contribution in [-0.4, -0.2) is 45.2 Å². The predicted molar refractivity (Wildman–Crippen MR) is 117 cm³/mol. The minimum absolute atomic E-state index is 0.166. The van der Waals surface area contributed by atoms with E-state index >= 15 is 4.39 Å². The number of pyridine rings is 1. The van der Waals surface area contributed by atoms with Crippen molar-refractivity contribution in [3.63, 3.8) is 0 Å². The van der Waals surface area contributed by atoms with E-state index in [1.807, 2.05) is 19.3 Å². The molecule has 4 heterocycles. The number of nitrogens with zero attached hydrogens (tertiary/aromatic N) is 4. The molecule has 2 aromatic heterocycles. The van der Waals surface area contributed by atoms with Crippen molar-refractivity contribution in [1.82, 2.24) is 19.7 Å². The molecular formula is C24H26FN5O. The second-order valence-electron chi connectivity index (χ2n) is 8.60. The molecule has 31 heavy (non-hydrogen) atoms. The van der Waals surface area contributed by atoms with E-state index in [0.717, 1.165) is 56.7 Å². The third-order valence-electron chi connectivity index (χ3n) is 6.48. The van der Waals surface area contributed by atoms with Crippen LogP contribution in [0.5, 0.6) is 0 Å². The zero-order chi connectivity index (χ0) is 21.4. The number of fused-ring (bicyclic) bond motifs is 2. The van der Waals surface area contributed by atoms with Gasteiger partial charge in [-0.25, -0.2) is 9.37 Å². The van der Waals surface area contributed by atoms with E-state index in [2.05, 4.69) is 21.5 Å². The van der Waals surface area contributed by atoms with Gasteiger partial charge in [0.25, 0.3) is 5.91 Å². The molecule has 2 fully saturated rings. The van der Waals surface area contributed by atoms with Gasteiger partial charge in [-0.05, 0) is 43.9 Å². The molecule has 0 radical (unpaired) electrons. The Morgan fingerprint density at radius 1 is 1.19 bits per heavy atom. The molecule has 2 aliphatic heterocycles. The van der Waals surface area contributed by atoms with Crippen molar-refractivity contribution in [2.75, 3.05) is 25.0 Å². The summed E-state index contributed by atoms with van der Waals surface area (Å²) < 4.78 is 16.9. The van der Waals surface area contributed by atoms with Crippen molar-refractivity contribution in [3.05, 3.63) is 65.9 Å². The molecule has 1 saturated carbocycles. The van der Waals surface area contributed by atoms with Crippen LogP contribution in [0.1, 0.15) is 41.6 Å². The Bertz CT molecular complexity index is 1100. The lowest BCUT2D eigenvalue weighted by molar-refractivity contribution is 0.0788.